The standard InChI is InChI=1S/C12H15N5/c1-8-9(6-16-17-8)5-13-12-10-3-2-4-11(10)14-7-15-12/h6-7H,2-5H2,1H3,(H,16,17)(H,13,14,15). The van der Waals surface area contributed by atoms with Crippen molar-refractivity contribution in [2.45, 2.75) is 32.7 Å². The number of aryl methyl sites for hydroxylation is 2. The van der Waals surface area contributed by atoms with Crippen LogP contribution in [0.3, 0.4) is 0 Å². The number of hydrogen-bond donors (Lipinski definition) is 2. The minimum Gasteiger partial charge on any atom is -0.366 e. The zero-order valence-corrected chi connectivity index (χ0v) is 9.82. The van der Waals surface area contributed by atoms with E-state index in [0.29, 0.717) is 0 Å². The van der Waals surface area contributed by atoms with Crippen molar-refractivity contribution in [3.63, 3.8) is 0 Å². The second kappa shape index (κ2) is 4.16. The number of aromatic amines is 1. The van der Waals surface area contributed by atoms with Gasteiger partial charge in [-0.15, -0.1) is 0 Å². The number of nitrogens with one attached hydrogen (secondary N) is 2. The quantitative estimate of drug-likeness (QED) is 0.839. The molecule has 3 rings (SSSR count). The molecule has 2 heterocycles. The molecule has 88 valence electrons. The Morgan fingerprint density at radius 1 is 1.35 bits per heavy atom. The fourth-order valence-corrected chi connectivity index (χ4v) is 2.24. The molecule has 0 amide bonds. The van der Waals surface area contributed by atoms with Gasteiger partial charge in [-0.3, -0.25) is 5.10 Å². The molecule has 0 saturated carbocycles. The largest absolute Gasteiger partial charge is 0.366 e. The van der Waals surface area contributed by atoms with Crippen molar-refractivity contribution in [2.75, 3.05) is 5.32 Å². The smallest absolute Gasteiger partial charge is 0.133 e. The number of hydrogen-bond acceptors (Lipinski definition) is 4. The van der Waals surface area contributed by atoms with Gasteiger partial charge in [0, 0.05) is 29.1 Å². The molecule has 0 saturated heterocycles. The van der Waals surface area contributed by atoms with E-state index in [2.05, 4.69) is 25.5 Å². The highest BCUT2D eigenvalue weighted by Crippen LogP contribution is 2.25. The predicted molar refractivity (Wildman–Crippen MR) is 64.7 cm³/mol. The van der Waals surface area contributed by atoms with Crippen LogP contribution < -0.4 is 5.32 Å². The number of H-pyrrole nitrogens is 1. The lowest BCUT2D eigenvalue weighted by Crippen LogP contribution is -2.05. The third kappa shape index (κ3) is 1.88. The van der Waals surface area contributed by atoms with Crippen molar-refractivity contribution in [1.29, 1.82) is 0 Å². The Morgan fingerprint density at radius 2 is 2.29 bits per heavy atom. The molecule has 5 nitrogen and oxygen atoms in total. The van der Waals surface area contributed by atoms with Gasteiger partial charge in [0.2, 0.25) is 0 Å². The second-order valence-electron chi connectivity index (χ2n) is 4.37. The van der Waals surface area contributed by atoms with Crippen LogP contribution in [0.15, 0.2) is 12.5 Å². The molecule has 0 aliphatic heterocycles. The Bertz CT molecular complexity index is 531. The van der Waals surface area contributed by atoms with Crippen molar-refractivity contribution in [2.24, 2.45) is 0 Å². The molecule has 1 aliphatic carbocycles. The van der Waals surface area contributed by atoms with Gasteiger partial charge in [-0.25, -0.2) is 9.97 Å². The molecule has 0 radical (unpaired) electrons. The summed E-state index contributed by atoms with van der Waals surface area (Å²) in [6.07, 6.45) is 6.85. The zero-order chi connectivity index (χ0) is 11.7. The third-order valence-corrected chi connectivity index (χ3v) is 3.26. The van der Waals surface area contributed by atoms with E-state index in [0.717, 1.165) is 30.9 Å². The van der Waals surface area contributed by atoms with Gasteiger partial charge in [0.25, 0.3) is 0 Å². The monoisotopic (exact) mass is 229 g/mol. The number of anilines is 1. The maximum Gasteiger partial charge on any atom is 0.133 e. The van der Waals surface area contributed by atoms with Crippen LogP contribution in [0.2, 0.25) is 0 Å². The summed E-state index contributed by atoms with van der Waals surface area (Å²) in [6.45, 7) is 2.78. The summed E-state index contributed by atoms with van der Waals surface area (Å²) >= 11 is 0. The first kappa shape index (κ1) is 10.3. The molecule has 2 aromatic rings. The fourth-order valence-electron chi connectivity index (χ4n) is 2.24. The van der Waals surface area contributed by atoms with Crippen LogP contribution in [0.25, 0.3) is 0 Å². The summed E-state index contributed by atoms with van der Waals surface area (Å²) in [4.78, 5) is 8.64. The van der Waals surface area contributed by atoms with Crippen LogP contribution >= 0.6 is 0 Å². The predicted octanol–water partition coefficient (Wildman–Crippen LogP) is 1.61. The molecule has 5 heteroatoms. The van der Waals surface area contributed by atoms with Crippen LogP contribution in [0.5, 0.6) is 0 Å². The molecule has 0 spiro atoms. The Hall–Kier alpha value is -1.91. The molecule has 2 aromatic heterocycles. The molecular formula is C12H15N5. The van der Waals surface area contributed by atoms with Crippen molar-refractivity contribution < 1.29 is 0 Å². The lowest BCUT2D eigenvalue weighted by molar-refractivity contribution is 0.899. The Labute approximate surface area is 99.7 Å². The van der Waals surface area contributed by atoms with Crippen LogP contribution in [-0.2, 0) is 19.4 Å². The van der Waals surface area contributed by atoms with Gasteiger partial charge in [0.05, 0.1) is 6.20 Å². The van der Waals surface area contributed by atoms with Gasteiger partial charge in [0.15, 0.2) is 0 Å². The van der Waals surface area contributed by atoms with E-state index in [1.165, 1.54) is 23.2 Å². The third-order valence-electron chi connectivity index (χ3n) is 3.26. The summed E-state index contributed by atoms with van der Waals surface area (Å²) in [6, 6.07) is 0. The molecule has 0 fully saturated rings. The van der Waals surface area contributed by atoms with Crippen molar-refractivity contribution in [1.82, 2.24) is 20.2 Å². The molecule has 0 unspecified atom stereocenters. The average Bonchev–Trinajstić information content (AvgIpc) is 2.95. The molecule has 1 aliphatic rings. The molecular weight excluding hydrogens is 214 g/mol. The van der Waals surface area contributed by atoms with E-state index in [-0.39, 0.29) is 0 Å². The first-order valence-corrected chi connectivity index (χ1v) is 5.90. The summed E-state index contributed by atoms with van der Waals surface area (Å²) in [5.74, 6) is 0.980. The first-order chi connectivity index (χ1) is 8.34. The SMILES string of the molecule is Cc1[nH]ncc1CNc1ncnc2c1CCC2. The van der Waals surface area contributed by atoms with Gasteiger partial charge >= 0.3 is 0 Å². The molecule has 0 aromatic carbocycles. The highest BCUT2D eigenvalue weighted by molar-refractivity contribution is 5.48. The lowest BCUT2D eigenvalue weighted by atomic mass is 10.2. The van der Waals surface area contributed by atoms with Crippen molar-refractivity contribution in [3.05, 3.63) is 35.0 Å². The molecule has 0 bridgehead atoms. The summed E-state index contributed by atoms with van der Waals surface area (Å²) in [7, 11) is 0. The van der Waals surface area contributed by atoms with Gasteiger partial charge in [-0.1, -0.05) is 0 Å². The summed E-state index contributed by atoms with van der Waals surface area (Å²) < 4.78 is 0. The minimum absolute atomic E-state index is 0.756. The fraction of sp³-hybridized carbons (Fsp3) is 0.417. The van der Waals surface area contributed by atoms with Gasteiger partial charge in [-0.05, 0) is 26.2 Å². The van der Waals surface area contributed by atoms with Gasteiger partial charge in [-0.2, -0.15) is 5.10 Å². The van der Waals surface area contributed by atoms with Crippen LogP contribution in [0.1, 0.15) is 28.9 Å². The zero-order valence-electron chi connectivity index (χ0n) is 9.82. The number of fused-ring (bicyclic) bond motifs is 1. The normalized spacial score (nSPS) is 13.7. The number of aromatic nitrogens is 4. The Kier molecular flexibility index (Phi) is 2.51. The maximum atomic E-state index is 4.33. The maximum absolute atomic E-state index is 4.33. The van der Waals surface area contributed by atoms with Crippen molar-refractivity contribution in [3.8, 4) is 0 Å². The van der Waals surface area contributed by atoms with Gasteiger partial charge in [0.1, 0.15) is 12.1 Å². The molecule has 17 heavy (non-hydrogen) atoms. The van der Waals surface area contributed by atoms with E-state index in [4.69, 9.17) is 0 Å². The number of rotatable bonds is 3. The van der Waals surface area contributed by atoms with Crippen LogP contribution in [0, 0.1) is 6.92 Å². The first-order valence-electron chi connectivity index (χ1n) is 5.90. The van der Waals surface area contributed by atoms with E-state index in [1.807, 2.05) is 13.1 Å². The summed E-state index contributed by atoms with van der Waals surface area (Å²) in [5, 5.41) is 10.3. The molecule has 2 N–H and O–H groups in total. The highest BCUT2D eigenvalue weighted by Gasteiger charge is 2.16. The van der Waals surface area contributed by atoms with Crippen LogP contribution in [0.4, 0.5) is 5.82 Å². The average molecular weight is 229 g/mol. The summed E-state index contributed by atoms with van der Waals surface area (Å²) in [5.41, 5.74) is 4.76. The van der Waals surface area contributed by atoms with E-state index in [1.54, 1.807) is 6.33 Å². The van der Waals surface area contributed by atoms with E-state index in [9.17, 15) is 0 Å². The highest BCUT2D eigenvalue weighted by atomic mass is 15.1. The second-order valence-corrected chi connectivity index (χ2v) is 4.37. The van der Waals surface area contributed by atoms with E-state index < -0.39 is 0 Å². The van der Waals surface area contributed by atoms with E-state index >= 15 is 0 Å². The lowest BCUT2D eigenvalue weighted by Gasteiger charge is -2.08. The Balaban J connectivity index is 1.78. The topological polar surface area (TPSA) is 66.5 Å². The number of nitrogens with zero attached hydrogens (tertiary/aromatic N) is 3. The molecule has 0 atom stereocenters. The Morgan fingerprint density at radius 3 is 3.12 bits per heavy atom. The van der Waals surface area contributed by atoms with Crippen LogP contribution in [-0.4, -0.2) is 20.2 Å². The minimum atomic E-state index is 0.756. The van der Waals surface area contributed by atoms with Gasteiger partial charge < -0.3 is 5.32 Å². The van der Waals surface area contributed by atoms with Crippen molar-refractivity contribution >= 4 is 5.82 Å².